The largest absolute Gasteiger partial charge is 0.298 e. The van der Waals surface area contributed by atoms with Gasteiger partial charge in [0.25, 0.3) is 0 Å². The highest BCUT2D eigenvalue weighted by atomic mass is 35.5. The van der Waals surface area contributed by atoms with Crippen LogP contribution in [0.15, 0.2) is 23.1 Å². The SMILES string of the molecule is CCSc1ccc(C=O)c(Cl)c1. The maximum Gasteiger partial charge on any atom is 0.151 e. The van der Waals surface area contributed by atoms with Gasteiger partial charge in [-0.15, -0.1) is 11.8 Å². The summed E-state index contributed by atoms with van der Waals surface area (Å²) in [7, 11) is 0. The molecule has 0 bridgehead atoms. The van der Waals surface area contributed by atoms with E-state index in [0.29, 0.717) is 10.6 Å². The van der Waals surface area contributed by atoms with Crippen LogP contribution in [0.25, 0.3) is 0 Å². The summed E-state index contributed by atoms with van der Waals surface area (Å²) in [4.78, 5) is 11.5. The number of hydrogen-bond donors (Lipinski definition) is 0. The van der Waals surface area contributed by atoms with Crippen molar-refractivity contribution in [2.75, 3.05) is 5.75 Å². The van der Waals surface area contributed by atoms with E-state index >= 15 is 0 Å². The van der Waals surface area contributed by atoms with E-state index in [0.717, 1.165) is 16.9 Å². The molecule has 12 heavy (non-hydrogen) atoms. The van der Waals surface area contributed by atoms with Gasteiger partial charge in [-0.3, -0.25) is 4.79 Å². The van der Waals surface area contributed by atoms with Gasteiger partial charge in [-0.25, -0.2) is 0 Å². The number of hydrogen-bond acceptors (Lipinski definition) is 2. The number of carbonyl (C=O) groups is 1. The van der Waals surface area contributed by atoms with Gasteiger partial charge in [0.15, 0.2) is 6.29 Å². The van der Waals surface area contributed by atoms with Gasteiger partial charge in [0.05, 0.1) is 5.02 Å². The molecule has 1 nitrogen and oxygen atoms in total. The topological polar surface area (TPSA) is 17.1 Å². The van der Waals surface area contributed by atoms with Crippen LogP contribution in [0.2, 0.25) is 5.02 Å². The average Bonchev–Trinajstić information content (AvgIpc) is 2.05. The fourth-order valence-corrected chi connectivity index (χ4v) is 1.85. The molecule has 0 fully saturated rings. The van der Waals surface area contributed by atoms with Gasteiger partial charge in [0.2, 0.25) is 0 Å². The van der Waals surface area contributed by atoms with Crippen LogP contribution < -0.4 is 0 Å². The minimum absolute atomic E-state index is 0.531. The molecule has 0 radical (unpaired) electrons. The molecule has 0 aliphatic rings. The van der Waals surface area contributed by atoms with Crippen molar-refractivity contribution in [1.29, 1.82) is 0 Å². The molecule has 0 saturated carbocycles. The summed E-state index contributed by atoms with van der Waals surface area (Å²) in [5.41, 5.74) is 0.553. The molecule has 0 aliphatic heterocycles. The standard InChI is InChI=1S/C9H9ClOS/c1-2-12-8-4-3-7(6-11)9(10)5-8/h3-6H,2H2,1H3. The molecule has 0 atom stereocenters. The maximum absolute atomic E-state index is 10.4. The molecule has 0 N–H and O–H groups in total. The first kappa shape index (κ1) is 9.62. The van der Waals surface area contributed by atoms with Crippen molar-refractivity contribution in [1.82, 2.24) is 0 Å². The van der Waals surface area contributed by atoms with Crippen LogP contribution >= 0.6 is 23.4 Å². The summed E-state index contributed by atoms with van der Waals surface area (Å²) in [5.74, 6) is 1.01. The third-order valence-corrected chi connectivity index (χ3v) is 2.61. The molecule has 64 valence electrons. The van der Waals surface area contributed by atoms with Crippen LogP contribution in [0.5, 0.6) is 0 Å². The predicted octanol–water partition coefficient (Wildman–Crippen LogP) is 3.26. The number of rotatable bonds is 3. The van der Waals surface area contributed by atoms with Gasteiger partial charge >= 0.3 is 0 Å². The van der Waals surface area contributed by atoms with Gasteiger partial charge in [-0.2, -0.15) is 0 Å². The van der Waals surface area contributed by atoms with E-state index in [-0.39, 0.29) is 0 Å². The first-order valence-corrected chi connectivity index (χ1v) is 5.01. The maximum atomic E-state index is 10.4. The Morgan fingerprint density at radius 1 is 1.58 bits per heavy atom. The van der Waals surface area contributed by atoms with Gasteiger partial charge in [-0.1, -0.05) is 18.5 Å². The zero-order chi connectivity index (χ0) is 8.97. The Hall–Kier alpha value is -0.470. The Bertz CT molecular complexity index is 286. The van der Waals surface area contributed by atoms with Gasteiger partial charge in [0.1, 0.15) is 0 Å². The number of benzene rings is 1. The molecule has 0 aromatic heterocycles. The quantitative estimate of drug-likeness (QED) is 0.550. The summed E-state index contributed by atoms with van der Waals surface area (Å²) in [6, 6.07) is 5.47. The minimum Gasteiger partial charge on any atom is -0.298 e. The lowest BCUT2D eigenvalue weighted by molar-refractivity contribution is 0.112. The smallest absolute Gasteiger partial charge is 0.151 e. The van der Waals surface area contributed by atoms with E-state index in [2.05, 4.69) is 6.92 Å². The second-order valence-corrected chi connectivity index (χ2v) is 3.98. The highest BCUT2D eigenvalue weighted by Gasteiger charge is 1.99. The summed E-state index contributed by atoms with van der Waals surface area (Å²) < 4.78 is 0. The van der Waals surface area contributed by atoms with Crippen molar-refractivity contribution < 1.29 is 4.79 Å². The number of carbonyl (C=O) groups excluding carboxylic acids is 1. The summed E-state index contributed by atoms with van der Waals surface area (Å²) >= 11 is 7.53. The van der Waals surface area contributed by atoms with Gasteiger partial charge in [-0.05, 0) is 24.0 Å². The van der Waals surface area contributed by atoms with Crippen LogP contribution in [0.1, 0.15) is 17.3 Å². The van der Waals surface area contributed by atoms with Crippen LogP contribution in [-0.2, 0) is 0 Å². The van der Waals surface area contributed by atoms with Crippen LogP contribution in [-0.4, -0.2) is 12.0 Å². The third-order valence-electron chi connectivity index (χ3n) is 1.41. The predicted molar refractivity (Wildman–Crippen MR) is 53.2 cm³/mol. The second kappa shape index (κ2) is 4.53. The molecular weight excluding hydrogens is 192 g/mol. The Labute approximate surface area is 81.1 Å². The molecule has 0 amide bonds. The van der Waals surface area contributed by atoms with E-state index in [1.807, 2.05) is 12.1 Å². The van der Waals surface area contributed by atoms with Crippen LogP contribution in [0.3, 0.4) is 0 Å². The number of thioether (sulfide) groups is 1. The average molecular weight is 201 g/mol. The Kier molecular flexibility index (Phi) is 3.63. The van der Waals surface area contributed by atoms with Crippen molar-refractivity contribution in [2.45, 2.75) is 11.8 Å². The molecule has 1 aromatic carbocycles. The third kappa shape index (κ3) is 2.26. The molecule has 0 saturated heterocycles. The molecule has 0 spiro atoms. The van der Waals surface area contributed by atoms with E-state index in [1.54, 1.807) is 17.8 Å². The molecule has 1 rings (SSSR count). The van der Waals surface area contributed by atoms with E-state index < -0.39 is 0 Å². The number of aldehydes is 1. The minimum atomic E-state index is 0.531. The number of halogens is 1. The highest BCUT2D eigenvalue weighted by Crippen LogP contribution is 2.23. The fraction of sp³-hybridized carbons (Fsp3) is 0.222. The van der Waals surface area contributed by atoms with E-state index in [9.17, 15) is 4.79 Å². The van der Waals surface area contributed by atoms with Gasteiger partial charge in [0, 0.05) is 10.5 Å². The Balaban J connectivity index is 2.93. The normalized spacial score (nSPS) is 9.83. The lowest BCUT2D eigenvalue weighted by Crippen LogP contribution is -1.82. The zero-order valence-electron chi connectivity index (χ0n) is 6.71. The monoisotopic (exact) mass is 200 g/mol. The Morgan fingerprint density at radius 3 is 2.83 bits per heavy atom. The van der Waals surface area contributed by atoms with Crippen LogP contribution in [0, 0.1) is 0 Å². The van der Waals surface area contributed by atoms with Crippen molar-refractivity contribution in [3.63, 3.8) is 0 Å². The molecule has 0 unspecified atom stereocenters. The van der Waals surface area contributed by atoms with Crippen molar-refractivity contribution >= 4 is 29.6 Å². The molecule has 1 aromatic rings. The highest BCUT2D eigenvalue weighted by molar-refractivity contribution is 7.99. The summed E-state index contributed by atoms with van der Waals surface area (Å²) in [5, 5.41) is 0.531. The van der Waals surface area contributed by atoms with Gasteiger partial charge < -0.3 is 0 Å². The van der Waals surface area contributed by atoms with Crippen molar-refractivity contribution in [3.05, 3.63) is 28.8 Å². The van der Waals surface area contributed by atoms with Crippen molar-refractivity contribution in [3.8, 4) is 0 Å². The summed E-state index contributed by atoms with van der Waals surface area (Å²) in [6.07, 6.45) is 0.767. The molecular formula is C9H9ClOS. The zero-order valence-corrected chi connectivity index (χ0v) is 8.28. The second-order valence-electron chi connectivity index (χ2n) is 2.23. The van der Waals surface area contributed by atoms with E-state index in [4.69, 9.17) is 11.6 Å². The first-order valence-electron chi connectivity index (χ1n) is 3.65. The van der Waals surface area contributed by atoms with Crippen LogP contribution in [0.4, 0.5) is 0 Å². The lowest BCUT2D eigenvalue weighted by atomic mass is 10.2. The lowest BCUT2D eigenvalue weighted by Gasteiger charge is -2.00. The first-order chi connectivity index (χ1) is 5.77. The molecule has 0 aliphatic carbocycles. The molecule has 3 heteroatoms. The van der Waals surface area contributed by atoms with E-state index in [1.165, 1.54) is 0 Å². The Morgan fingerprint density at radius 2 is 2.33 bits per heavy atom. The van der Waals surface area contributed by atoms with Crippen molar-refractivity contribution in [2.24, 2.45) is 0 Å². The summed E-state index contributed by atoms with van der Waals surface area (Å²) in [6.45, 7) is 2.08. The molecule has 0 heterocycles. The fourth-order valence-electron chi connectivity index (χ4n) is 0.860.